The molecule has 2 rings (SSSR count). The van der Waals surface area contributed by atoms with Gasteiger partial charge in [-0.25, -0.2) is 4.98 Å². The van der Waals surface area contributed by atoms with Crippen LogP contribution in [-0.2, 0) is 5.54 Å². The highest BCUT2D eigenvalue weighted by molar-refractivity contribution is 9.10. The third kappa shape index (κ3) is 2.28. The Morgan fingerprint density at radius 3 is 2.65 bits per heavy atom. The molecule has 0 aliphatic rings. The Morgan fingerprint density at radius 1 is 1.29 bits per heavy atom. The Morgan fingerprint density at radius 2 is 2.00 bits per heavy atom. The first-order valence-electron chi connectivity index (χ1n) is 5.53. The maximum atomic E-state index is 4.26. The molecule has 0 aliphatic heterocycles. The van der Waals surface area contributed by atoms with E-state index in [1.165, 1.54) is 0 Å². The Hall–Kier alpha value is -1.13. The highest BCUT2D eigenvalue weighted by Crippen LogP contribution is 2.26. The molecule has 17 heavy (non-hydrogen) atoms. The lowest BCUT2D eigenvalue weighted by Gasteiger charge is -2.25. The van der Waals surface area contributed by atoms with Gasteiger partial charge in [0.05, 0.1) is 29.4 Å². The third-order valence-electron chi connectivity index (χ3n) is 3.02. The number of rotatable bonds is 3. The van der Waals surface area contributed by atoms with Crippen LogP contribution < -0.4 is 5.32 Å². The number of hydrogen-bond acceptors (Lipinski definition) is 2. The topological polar surface area (TPSA) is 29.9 Å². The van der Waals surface area contributed by atoms with E-state index in [1.54, 1.807) is 0 Å². The van der Waals surface area contributed by atoms with Crippen LogP contribution in [0.3, 0.4) is 0 Å². The highest BCUT2D eigenvalue weighted by Gasteiger charge is 2.23. The largest absolute Gasteiger partial charge is 0.310 e. The lowest BCUT2D eigenvalue weighted by molar-refractivity contribution is 0.424. The number of para-hydroxylation sites is 1. The van der Waals surface area contributed by atoms with Crippen molar-refractivity contribution in [2.75, 3.05) is 7.05 Å². The number of nitrogens with one attached hydrogen (secondary N) is 1. The predicted molar refractivity (Wildman–Crippen MR) is 73.3 cm³/mol. The highest BCUT2D eigenvalue weighted by atomic mass is 79.9. The van der Waals surface area contributed by atoms with Gasteiger partial charge >= 0.3 is 0 Å². The second kappa shape index (κ2) is 4.63. The molecule has 0 radical (unpaired) electrons. The van der Waals surface area contributed by atoms with Crippen molar-refractivity contribution < 1.29 is 0 Å². The maximum Gasteiger partial charge on any atom is 0.0995 e. The normalized spacial score (nSPS) is 11.8. The van der Waals surface area contributed by atoms with Crippen LogP contribution >= 0.6 is 15.9 Å². The molecule has 2 aromatic rings. The summed E-state index contributed by atoms with van der Waals surface area (Å²) in [6.07, 6.45) is 3.74. The van der Waals surface area contributed by atoms with Crippen molar-refractivity contribution in [1.29, 1.82) is 0 Å². The molecule has 0 fully saturated rings. The molecule has 3 nitrogen and oxygen atoms in total. The summed E-state index contributed by atoms with van der Waals surface area (Å²) in [6, 6.07) is 8.14. The molecule has 1 aromatic carbocycles. The molecule has 0 saturated carbocycles. The summed E-state index contributed by atoms with van der Waals surface area (Å²) in [6.45, 7) is 4.27. The van der Waals surface area contributed by atoms with Crippen LogP contribution in [0, 0.1) is 0 Å². The van der Waals surface area contributed by atoms with Gasteiger partial charge in [-0.3, -0.25) is 0 Å². The van der Waals surface area contributed by atoms with Gasteiger partial charge in [0.15, 0.2) is 0 Å². The van der Waals surface area contributed by atoms with E-state index in [4.69, 9.17) is 0 Å². The average Bonchev–Trinajstić information content (AvgIpc) is 2.79. The van der Waals surface area contributed by atoms with Crippen LogP contribution in [0.2, 0.25) is 0 Å². The molecule has 0 aliphatic carbocycles. The molecule has 4 heteroatoms. The van der Waals surface area contributed by atoms with Crippen molar-refractivity contribution in [3.05, 3.63) is 47.0 Å². The van der Waals surface area contributed by atoms with E-state index in [1.807, 2.05) is 37.8 Å². The van der Waals surface area contributed by atoms with E-state index in [0.29, 0.717) is 0 Å². The number of nitrogens with zero attached hydrogens (tertiary/aromatic N) is 2. The monoisotopic (exact) mass is 293 g/mol. The van der Waals surface area contributed by atoms with Crippen LogP contribution in [0.5, 0.6) is 0 Å². The summed E-state index contributed by atoms with van der Waals surface area (Å²) in [7, 11) is 1.96. The molecule has 0 bridgehead atoms. The number of aromatic nitrogens is 2. The van der Waals surface area contributed by atoms with Gasteiger partial charge in [-0.1, -0.05) is 12.1 Å². The van der Waals surface area contributed by atoms with Crippen molar-refractivity contribution >= 4 is 15.9 Å². The molecule has 1 heterocycles. The zero-order valence-electron chi connectivity index (χ0n) is 10.2. The molecule has 90 valence electrons. The molecule has 1 aromatic heterocycles. The second-order valence-corrected chi connectivity index (χ2v) is 5.33. The first-order valence-corrected chi connectivity index (χ1v) is 6.32. The lowest BCUT2D eigenvalue weighted by Crippen LogP contribution is -2.35. The summed E-state index contributed by atoms with van der Waals surface area (Å²) in [5.41, 5.74) is 2.11. The summed E-state index contributed by atoms with van der Waals surface area (Å²) < 4.78 is 3.16. The molecule has 0 spiro atoms. The zero-order valence-corrected chi connectivity index (χ0v) is 11.8. The summed E-state index contributed by atoms with van der Waals surface area (Å²) in [5, 5.41) is 3.30. The zero-order chi connectivity index (χ0) is 12.5. The number of benzene rings is 1. The Balaban J connectivity index is 2.56. The molecule has 0 saturated heterocycles. The quantitative estimate of drug-likeness (QED) is 0.942. The Kier molecular flexibility index (Phi) is 3.35. The van der Waals surface area contributed by atoms with Gasteiger partial charge < -0.3 is 9.88 Å². The minimum absolute atomic E-state index is 0.119. The SMILES string of the molecule is CNC(C)(C)c1cncn1-c1ccccc1Br. The first-order chi connectivity index (χ1) is 8.06. The number of imidazole rings is 1. The van der Waals surface area contributed by atoms with Gasteiger partial charge in [-0.2, -0.15) is 0 Å². The minimum atomic E-state index is -0.119. The van der Waals surface area contributed by atoms with Gasteiger partial charge in [0.25, 0.3) is 0 Å². The standard InChI is InChI=1S/C13H16BrN3/c1-13(2,15-3)12-8-16-9-17(12)11-7-5-4-6-10(11)14/h4-9,15H,1-3H3. The predicted octanol–water partition coefficient (Wildman–Crippen LogP) is 3.09. The first kappa shape index (κ1) is 12.3. The molecule has 0 unspecified atom stereocenters. The lowest BCUT2D eigenvalue weighted by atomic mass is 10.0. The molecule has 0 amide bonds. The minimum Gasteiger partial charge on any atom is -0.310 e. The fourth-order valence-corrected chi connectivity index (χ4v) is 2.20. The third-order valence-corrected chi connectivity index (χ3v) is 3.69. The van der Waals surface area contributed by atoms with E-state index in [9.17, 15) is 0 Å². The van der Waals surface area contributed by atoms with Gasteiger partial charge in [-0.05, 0) is 49.0 Å². The molecule has 0 atom stereocenters. The molecular weight excluding hydrogens is 278 g/mol. The maximum absolute atomic E-state index is 4.26. The van der Waals surface area contributed by atoms with E-state index in [-0.39, 0.29) is 5.54 Å². The van der Waals surface area contributed by atoms with Gasteiger partial charge in [0.2, 0.25) is 0 Å². The van der Waals surface area contributed by atoms with Crippen molar-refractivity contribution in [2.45, 2.75) is 19.4 Å². The summed E-state index contributed by atoms with van der Waals surface area (Å²) in [5.74, 6) is 0. The van der Waals surface area contributed by atoms with Crippen molar-refractivity contribution in [2.24, 2.45) is 0 Å². The van der Waals surface area contributed by atoms with Crippen LogP contribution in [-0.4, -0.2) is 16.6 Å². The van der Waals surface area contributed by atoms with Crippen molar-refractivity contribution in [1.82, 2.24) is 14.9 Å². The van der Waals surface area contributed by atoms with Crippen LogP contribution in [0.25, 0.3) is 5.69 Å². The molecular formula is C13H16BrN3. The average molecular weight is 294 g/mol. The summed E-state index contributed by atoms with van der Waals surface area (Å²) >= 11 is 3.57. The van der Waals surface area contributed by atoms with E-state index >= 15 is 0 Å². The summed E-state index contributed by atoms with van der Waals surface area (Å²) in [4.78, 5) is 4.26. The van der Waals surface area contributed by atoms with E-state index < -0.39 is 0 Å². The Bertz CT molecular complexity index is 517. The van der Waals surface area contributed by atoms with Gasteiger partial charge in [0.1, 0.15) is 0 Å². The van der Waals surface area contributed by atoms with E-state index in [2.05, 4.69) is 50.7 Å². The molecule has 1 N–H and O–H groups in total. The fraction of sp³-hybridized carbons (Fsp3) is 0.308. The second-order valence-electron chi connectivity index (χ2n) is 4.48. The van der Waals surface area contributed by atoms with E-state index in [0.717, 1.165) is 15.9 Å². The van der Waals surface area contributed by atoms with Crippen LogP contribution in [0.15, 0.2) is 41.3 Å². The Labute approximate surface area is 110 Å². The smallest absolute Gasteiger partial charge is 0.0995 e. The van der Waals surface area contributed by atoms with Crippen molar-refractivity contribution in [3.63, 3.8) is 0 Å². The van der Waals surface area contributed by atoms with Gasteiger partial charge in [-0.15, -0.1) is 0 Å². The van der Waals surface area contributed by atoms with Crippen molar-refractivity contribution in [3.8, 4) is 5.69 Å². The number of hydrogen-bond donors (Lipinski definition) is 1. The van der Waals surface area contributed by atoms with Crippen LogP contribution in [0.1, 0.15) is 19.5 Å². The fourth-order valence-electron chi connectivity index (χ4n) is 1.72. The van der Waals surface area contributed by atoms with Gasteiger partial charge in [0, 0.05) is 4.47 Å². The number of halogens is 1. The van der Waals surface area contributed by atoms with Crippen LogP contribution in [0.4, 0.5) is 0 Å².